The van der Waals surface area contributed by atoms with Crippen molar-refractivity contribution in [2.45, 2.75) is 33.2 Å². The number of nitriles is 1. The van der Waals surface area contributed by atoms with Gasteiger partial charge in [0.15, 0.2) is 4.77 Å². The summed E-state index contributed by atoms with van der Waals surface area (Å²) in [4.78, 5) is 3.17. The molecular weight excluding hydrogens is 298 g/mol. The van der Waals surface area contributed by atoms with E-state index in [2.05, 4.69) is 18.0 Å². The van der Waals surface area contributed by atoms with E-state index in [9.17, 15) is 5.26 Å². The van der Waals surface area contributed by atoms with Gasteiger partial charge < -0.3 is 9.55 Å². The number of nitrogens with one attached hydrogen (secondary N) is 1. The van der Waals surface area contributed by atoms with Gasteiger partial charge in [-0.2, -0.15) is 5.26 Å². The first-order chi connectivity index (χ1) is 10.1. The molecule has 0 spiro atoms. The Morgan fingerprint density at radius 1 is 1.24 bits per heavy atom. The number of rotatable bonds is 4. The first-order valence-corrected chi connectivity index (χ1v) is 7.74. The molecule has 0 fully saturated rings. The molecule has 21 heavy (non-hydrogen) atoms. The van der Waals surface area contributed by atoms with Crippen LogP contribution in [0.1, 0.15) is 30.9 Å². The summed E-state index contributed by atoms with van der Waals surface area (Å²) < 4.78 is 2.93. The summed E-state index contributed by atoms with van der Waals surface area (Å²) in [5.41, 5.74) is 3.29. The maximum Gasteiger partial charge on any atom is 0.178 e. The molecule has 0 bridgehead atoms. The van der Waals surface area contributed by atoms with Gasteiger partial charge in [-0.15, -0.1) is 0 Å². The van der Waals surface area contributed by atoms with Crippen LogP contribution in [0, 0.1) is 27.7 Å². The quantitative estimate of drug-likeness (QED) is 0.814. The SMILES string of the molecule is CCCCn1c(=S)[nH]c(-c2ccc(C)cc2)c(C#N)c1=S. The van der Waals surface area contributed by atoms with Gasteiger partial charge in [-0.05, 0) is 31.1 Å². The molecule has 0 aliphatic rings. The normalized spacial score (nSPS) is 10.3. The summed E-state index contributed by atoms with van der Waals surface area (Å²) in [7, 11) is 0. The minimum Gasteiger partial charge on any atom is -0.331 e. The second kappa shape index (κ2) is 6.79. The van der Waals surface area contributed by atoms with Crippen LogP contribution in [0.4, 0.5) is 0 Å². The first kappa shape index (κ1) is 15.6. The van der Waals surface area contributed by atoms with Crippen LogP contribution in [0.2, 0.25) is 0 Å². The van der Waals surface area contributed by atoms with Crippen LogP contribution in [-0.4, -0.2) is 9.55 Å². The number of hydrogen-bond donors (Lipinski definition) is 1. The molecule has 0 aliphatic carbocycles. The summed E-state index contributed by atoms with van der Waals surface area (Å²) in [5.74, 6) is 0. The van der Waals surface area contributed by atoms with E-state index in [4.69, 9.17) is 24.4 Å². The van der Waals surface area contributed by atoms with Crippen LogP contribution in [0.25, 0.3) is 11.3 Å². The second-order valence-corrected chi connectivity index (χ2v) is 5.74. The first-order valence-electron chi connectivity index (χ1n) is 6.92. The fourth-order valence-electron chi connectivity index (χ4n) is 2.13. The molecule has 0 aliphatic heterocycles. The predicted octanol–water partition coefficient (Wildman–Crippen LogP) is 4.92. The predicted molar refractivity (Wildman–Crippen MR) is 90.2 cm³/mol. The molecule has 0 radical (unpaired) electrons. The molecular formula is C16H17N3S2. The van der Waals surface area contributed by atoms with Crippen molar-refractivity contribution in [2.75, 3.05) is 0 Å². The van der Waals surface area contributed by atoms with E-state index in [1.807, 2.05) is 35.8 Å². The number of benzene rings is 1. The molecule has 5 heteroatoms. The van der Waals surface area contributed by atoms with Gasteiger partial charge in [0.05, 0.1) is 5.69 Å². The van der Waals surface area contributed by atoms with Crippen molar-refractivity contribution in [1.29, 1.82) is 5.26 Å². The Kier molecular flexibility index (Phi) is 5.05. The molecule has 3 nitrogen and oxygen atoms in total. The molecule has 0 amide bonds. The Bertz CT molecular complexity index is 792. The molecule has 1 N–H and O–H groups in total. The standard InChI is InChI=1S/C16H17N3S2/c1-3-4-9-19-15(20)13(10-17)14(18-16(19)21)12-7-5-11(2)6-8-12/h5-8H,3-4,9H2,1-2H3,(H,18,21). The highest BCUT2D eigenvalue weighted by Gasteiger charge is 2.11. The van der Waals surface area contributed by atoms with E-state index in [0.29, 0.717) is 20.7 Å². The Balaban J connectivity index is 2.64. The molecule has 1 aromatic carbocycles. The third kappa shape index (κ3) is 3.29. The molecule has 1 heterocycles. The van der Waals surface area contributed by atoms with Gasteiger partial charge in [-0.3, -0.25) is 0 Å². The van der Waals surface area contributed by atoms with Crippen molar-refractivity contribution in [3.05, 3.63) is 44.8 Å². The van der Waals surface area contributed by atoms with Gasteiger partial charge in [0.2, 0.25) is 0 Å². The molecule has 108 valence electrons. The Labute approximate surface area is 134 Å². The van der Waals surface area contributed by atoms with Gasteiger partial charge >= 0.3 is 0 Å². The lowest BCUT2D eigenvalue weighted by Crippen LogP contribution is -2.08. The minimum atomic E-state index is 0.485. The number of aryl methyl sites for hydroxylation is 1. The Hall–Kier alpha value is -1.77. The molecule has 0 saturated heterocycles. The zero-order valence-corrected chi connectivity index (χ0v) is 13.8. The minimum absolute atomic E-state index is 0.485. The number of H-pyrrole nitrogens is 1. The monoisotopic (exact) mass is 315 g/mol. The molecule has 1 aromatic heterocycles. The summed E-state index contributed by atoms with van der Waals surface area (Å²) in [6, 6.07) is 10.2. The Morgan fingerprint density at radius 2 is 1.90 bits per heavy atom. The van der Waals surface area contributed by atoms with E-state index >= 15 is 0 Å². The van der Waals surface area contributed by atoms with Crippen molar-refractivity contribution >= 4 is 24.4 Å². The largest absolute Gasteiger partial charge is 0.331 e. The average Bonchev–Trinajstić information content (AvgIpc) is 2.47. The molecule has 0 atom stereocenters. The number of aromatic nitrogens is 2. The van der Waals surface area contributed by atoms with Crippen LogP contribution in [0.3, 0.4) is 0 Å². The lowest BCUT2D eigenvalue weighted by atomic mass is 10.1. The van der Waals surface area contributed by atoms with E-state index < -0.39 is 0 Å². The molecule has 0 saturated carbocycles. The van der Waals surface area contributed by atoms with Crippen molar-refractivity contribution in [2.24, 2.45) is 0 Å². The van der Waals surface area contributed by atoms with Gasteiger partial charge in [-0.25, -0.2) is 0 Å². The van der Waals surface area contributed by atoms with Gasteiger partial charge in [0, 0.05) is 6.54 Å². The zero-order valence-electron chi connectivity index (χ0n) is 12.1. The van der Waals surface area contributed by atoms with Gasteiger partial charge in [0.25, 0.3) is 0 Å². The van der Waals surface area contributed by atoms with E-state index in [-0.39, 0.29) is 0 Å². The van der Waals surface area contributed by atoms with Crippen molar-refractivity contribution in [3.8, 4) is 17.3 Å². The third-order valence-corrected chi connectivity index (χ3v) is 4.12. The lowest BCUT2D eigenvalue weighted by molar-refractivity contribution is 0.605. The van der Waals surface area contributed by atoms with E-state index in [1.165, 1.54) is 5.56 Å². The molecule has 0 unspecified atom stereocenters. The number of aromatic amines is 1. The number of hydrogen-bond acceptors (Lipinski definition) is 3. The third-order valence-electron chi connectivity index (χ3n) is 3.37. The lowest BCUT2D eigenvalue weighted by Gasteiger charge is -2.12. The van der Waals surface area contributed by atoms with Crippen LogP contribution in [0.5, 0.6) is 0 Å². The summed E-state index contributed by atoms with van der Waals surface area (Å²) in [5, 5.41) is 9.47. The highest BCUT2D eigenvalue weighted by molar-refractivity contribution is 7.72. The summed E-state index contributed by atoms with van der Waals surface area (Å²) in [6.07, 6.45) is 2.04. The average molecular weight is 315 g/mol. The topological polar surface area (TPSA) is 44.5 Å². The summed E-state index contributed by atoms with van der Waals surface area (Å²) in [6.45, 7) is 4.88. The summed E-state index contributed by atoms with van der Waals surface area (Å²) >= 11 is 10.9. The number of unbranched alkanes of at least 4 members (excludes halogenated alkanes) is 1. The van der Waals surface area contributed by atoms with Gasteiger partial charge in [-0.1, -0.05) is 55.4 Å². The van der Waals surface area contributed by atoms with Crippen LogP contribution in [-0.2, 0) is 6.54 Å². The molecule has 2 rings (SSSR count). The van der Waals surface area contributed by atoms with Gasteiger partial charge in [0.1, 0.15) is 16.3 Å². The van der Waals surface area contributed by atoms with Crippen LogP contribution >= 0.6 is 24.4 Å². The molecule has 2 aromatic rings. The van der Waals surface area contributed by atoms with E-state index in [1.54, 1.807) is 0 Å². The van der Waals surface area contributed by atoms with Crippen LogP contribution < -0.4 is 0 Å². The van der Waals surface area contributed by atoms with Crippen molar-refractivity contribution in [3.63, 3.8) is 0 Å². The van der Waals surface area contributed by atoms with Crippen molar-refractivity contribution in [1.82, 2.24) is 9.55 Å². The maximum atomic E-state index is 9.47. The Morgan fingerprint density at radius 3 is 2.48 bits per heavy atom. The highest BCUT2D eigenvalue weighted by atomic mass is 32.1. The van der Waals surface area contributed by atoms with Crippen molar-refractivity contribution < 1.29 is 0 Å². The highest BCUT2D eigenvalue weighted by Crippen LogP contribution is 2.23. The fourth-order valence-corrected chi connectivity index (χ4v) is 2.80. The maximum absolute atomic E-state index is 9.47. The van der Waals surface area contributed by atoms with Crippen LogP contribution in [0.15, 0.2) is 24.3 Å². The second-order valence-electron chi connectivity index (χ2n) is 4.97. The zero-order chi connectivity index (χ0) is 15.4. The number of nitrogens with zero attached hydrogens (tertiary/aromatic N) is 2. The fraction of sp³-hybridized carbons (Fsp3) is 0.312. The smallest absolute Gasteiger partial charge is 0.178 e. The van der Waals surface area contributed by atoms with E-state index in [0.717, 1.165) is 24.9 Å².